The molecule has 0 aromatic carbocycles. The minimum atomic E-state index is -0.770. The molecule has 2 heterocycles. The van der Waals surface area contributed by atoms with Crippen molar-refractivity contribution in [3.8, 4) is 0 Å². The minimum absolute atomic E-state index is 0.0754. The topological polar surface area (TPSA) is 58.2 Å². The fourth-order valence-electron chi connectivity index (χ4n) is 1.26. The molecule has 1 aliphatic rings. The molecule has 0 bridgehead atoms. The van der Waals surface area contributed by atoms with Gasteiger partial charge >= 0.3 is 0 Å². The van der Waals surface area contributed by atoms with Crippen LogP contribution in [0.25, 0.3) is 0 Å². The maximum absolute atomic E-state index is 11.5. The zero-order valence-corrected chi connectivity index (χ0v) is 8.58. The Balaban J connectivity index is 2.31. The first-order valence-electron chi connectivity index (χ1n) is 3.86. The molecular weight excluding hydrogens is 220 g/mol. The first-order valence-corrected chi connectivity index (χ1v) is 5.21. The second kappa shape index (κ2) is 3.47. The number of hydrogen-bond acceptors (Lipinski definition) is 4. The molecule has 2 amide bonds. The molecule has 1 aliphatic heterocycles. The lowest BCUT2D eigenvalue weighted by Gasteiger charge is -2.21. The van der Waals surface area contributed by atoms with E-state index in [2.05, 4.69) is 22.9 Å². The van der Waals surface area contributed by atoms with Gasteiger partial charge in [-0.15, -0.1) is 0 Å². The maximum Gasteiger partial charge on any atom is 0.243 e. The normalized spacial score (nSPS) is 17.9. The average Bonchev–Trinajstić information content (AvgIpc) is 2.54. The van der Waals surface area contributed by atoms with Gasteiger partial charge in [-0.05, 0) is 34.6 Å². The molecule has 0 aliphatic carbocycles. The molecule has 2 rings (SSSR count). The highest BCUT2D eigenvalue weighted by Gasteiger charge is 2.33. The molecule has 4 nitrogen and oxygen atoms in total. The summed E-state index contributed by atoms with van der Waals surface area (Å²) in [5.74, 6) is -1.50. The van der Waals surface area contributed by atoms with Gasteiger partial charge in [-0.2, -0.15) is 11.3 Å². The van der Waals surface area contributed by atoms with Crippen LogP contribution in [0.1, 0.15) is 11.5 Å². The van der Waals surface area contributed by atoms with Crippen LogP contribution in [0, 0.1) is 0 Å². The molecule has 0 radical (unpaired) electrons. The summed E-state index contributed by atoms with van der Waals surface area (Å²) in [5.41, 5.74) is 0.701. The lowest BCUT2D eigenvalue weighted by atomic mass is 9.99. The van der Waals surface area contributed by atoms with E-state index in [4.69, 9.17) is 0 Å². The summed E-state index contributed by atoms with van der Waals surface area (Å²) in [7, 11) is 0. The van der Waals surface area contributed by atoms with Gasteiger partial charge in [0, 0.05) is 0 Å². The molecular formula is C8H6N2O2S2. The predicted molar refractivity (Wildman–Crippen MR) is 55.9 cm³/mol. The molecule has 2 N–H and O–H groups in total. The van der Waals surface area contributed by atoms with Crippen LogP contribution in [0.3, 0.4) is 0 Å². The fourth-order valence-corrected chi connectivity index (χ4v) is 2.15. The van der Waals surface area contributed by atoms with Gasteiger partial charge in [0.1, 0.15) is 5.92 Å². The average molecular weight is 226 g/mol. The second-order valence-corrected chi connectivity index (χ2v) is 3.99. The third kappa shape index (κ3) is 1.53. The summed E-state index contributed by atoms with van der Waals surface area (Å²) < 4.78 is 0. The minimum Gasteiger partial charge on any atom is -0.302 e. The SMILES string of the molecule is O=C1NC(=S)NC(=O)C1c1ccsc1. The molecule has 0 saturated carbocycles. The van der Waals surface area contributed by atoms with Crippen LogP contribution in [0.2, 0.25) is 0 Å². The van der Waals surface area contributed by atoms with Crippen molar-refractivity contribution >= 4 is 40.5 Å². The zero-order chi connectivity index (χ0) is 10.1. The summed E-state index contributed by atoms with van der Waals surface area (Å²) >= 11 is 6.13. The molecule has 0 spiro atoms. The van der Waals surface area contributed by atoms with Crippen LogP contribution < -0.4 is 10.6 Å². The predicted octanol–water partition coefficient (Wildman–Crippen LogP) is 0.363. The quantitative estimate of drug-likeness (QED) is 0.537. The summed E-state index contributed by atoms with van der Waals surface area (Å²) in [6, 6.07) is 1.75. The Morgan fingerprint density at radius 1 is 1.29 bits per heavy atom. The lowest BCUT2D eigenvalue weighted by molar-refractivity contribution is -0.131. The molecule has 1 saturated heterocycles. The number of nitrogens with one attached hydrogen (secondary N) is 2. The highest BCUT2D eigenvalue weighted by atomic mass is 32.1. The van der Waals surface area contributed by atoms with Gasteiger partial charge < -0.3 is 10.6 Å². The third-order valence-electron chi connectivity index (χ3n) is 1.87. The van der Waals surface area contributed by atoms with Gasteiger partial charge in [0.2, 0.25) is 11.8 Å². The molecule has 6 heteroatoms. The van der Waals surface area contributed by atoms with E-state index in [0.29, 0.717) is 5.56 Å². The molecule has 14 heavy (non-hydrogen) atoms. The first-order chi connectivity index (χ1) is 6.68. The van der Waals surface area contributed by atoms with Crippen molar-refractivity contribution < 1.29 is 9.59 Å². The van der Waals surface area contributed by atoms with Gasteiger partial charge in [0.15, 0.2) is 5.11 Å². The standard InChI is InChI=1S/C8H6N2O2S2/c11-6-5(4-1-2-14-3-4)7(12)10-8(13)9-6/h1-3,5H,(H2,9,10,11,12,13). The summed E-state index contributed by atoms with van der Waals surface area (Å²) in [6.45, 7) is 0. The highest BCUT2D eigenvalue weighted by Crippen LogP contribution is 2.20. The van der Waals surface area contributed by atoms with E-state index < -0.39 is 5.92 Å². The van der Waals surface area contributed by atoms with E-state index in [-0.39, 0.29) is 16.9 Å². The van der Waals surface area contributed by atoms with Crippen molar-refractivity contribution in [2.75, 3.05) is 0 Å². The molecule has 1 aromatic heterocycles. The van der Waals surface area contributed by atoms with E-state index in [1.54, 1.807) is 11.4 Å². The van der Waals surface area contributed by atoms with E-state index in [1.165, 1.54) is 11.3 Å². The monoisotopic (exact) mass is 226 g/mol. The van der Waals surface area contributed by atoms with Crippen molar-refractivity contribution in [3.05, 3.63) is 22.4 Å². The second-order valence-electron chi connectivity index (χ2n) is 2.80. The van der Waals surface area contributed by atoms with Crippen molar-refractivity contribution in [3.63, 3.8) is 0 Å². The van der Waals surface area contributed by atoms with E-state index in [1.807, 2.05) is 5.38 Å². The van der Waals surface area contributed by atoms with Crippen molar-refractivity contribution in [2.45, 2.75) is 5.92 Å². The summed E-state index contributed by atoms with van der Waals surface area (Å²) in [5, 5.41) is 8.50. The molecule has 0 atom stereocenters. The van der Waals surface area contributed by atoms with Gasteiger partial charge in [0.25, 0.3) is 0 Å². The Kier molecular flexibility index (Phi) is 2.30. The smallest absolute Gasteiger partial charge is 0.243 e. The van der Waals surface area contributed by atoms with Crippen LogP contribution >= 0.6 is 23.6 Å². The Bertz CT molecular complexity index is 379. The molecule has 1 aromatic rings. The molecule has 1 fully saturated rings. The number of amides is 2. The number of carbonyl (C=O) groups excluding carboxylic acids is 2. The number of carbonyl (C=O) groups is 2. The molecule has 0 unspecified atom stereocenters. The van der Waals surface area contributed by atoms with Crippen LogP contribution in [0.5, 0.6) is 0 Å². The van der Waals surface area contributed by atoms with Gasteiger partial charge in [-0.25, -0.2) is 0 Å². The van der Waals surface area contributed by atoms with Crippen LogP contribution in [0.15, 0.2) is 16.8 Å². The van der Waals surface area contributed by atoms with E-state index >= 15 is 0 Å². The van der Waals surface area contributed by atoms with Crippen LogP contribution in [-0.4, -0.2) is 16.9 Å². The fraction of sp³-hybridized carbons (Fsp3) is 0.125. The van der Waals surface area contributed by atoms with Crippen molar-refractivity contribution in [2.24, 2.45) is 0 Å². The Hall–Kier alpha value is -1.27. The van der Waals surface area contributed by atoms with Crippen LogP contribution in [0.4, 0.5) is 0 Å². The number of thiophene rings is 1. The number of rotatable bonds is 1. The van der Waals surface area contributed by atoms with Gasteiger partial charge in [0.05, 0.1) is 0 Å². The van der Waals surface area contributed by atoms with E-state index in [0.717, 1.165) is 0 Å². The lowest BCUT2D eigenvalue weighted by Crippen LogP contribution is -2.54. The Morgan fingerprint density at radius 2 is 1.93 bits per heavy atom. The van der Waals surface area contributed by atoms with Crippen molar-refractivity contribution in [1.82, 2.24) is 10.6 Å². The van der Waals surface area contributed by atoms with Gasteiger partial charge in [-0.3, -0.25) is 9.59 Å². The summed E-state index contributed by atoms with van der Waals surface area (Å²) in [6.07, 6.45) is 0. The van der Waals surface area contributed by atoms with Crippen molar-refractivity contribution in [1.29, 1.82) is 0 Å². The van der Waals surface area contributed by atoms with Crippen LogP contribution in [-0.2, 0) is 9.59 Å². The maximum atomic E-state index is 11.5. The Morgan fingerprint density at radius 3 is 2.43 bits per heavy atom. The first kappa shape index (κ1) is 9.29. The van der Waals surface area contributed by atoms with Gasteiger partial charge in [-0.1, -0.05) is 0 Å². The largest absolute Gasteiger partial charge is 0.302 e. The highest BCUT2D eigenvalue weighted by molar-refractivity contribution is 7.80. The number of hydrogen-bond donors (Lipinski definition) is 2. The van der Waals surface area contributed by atoms with E-state index in [9.17, 15) is 9.59 Å². The molecule has 72 valence electrons. The third-order valence-corrected chi connectivity index (χ3v) is 2.78. The Labute approximate surface area is 89.3 Å². The zero-order valence-electron chi connectivity index (χ0n) is 6.94. The summed E-state index contributed by atoms with van der Waals surface area (Å²) in [4.78, 5) is 22.9. The number of thiocarbonyl (C=S) groups is 1.